The minimum Gasteiger partial charge on any atom is -0.507 e. The summed E-state index contributed by atoms with van der Waals surface area (Å²) in [6, 6.07) is 3.66. The minimum atomic E-state index is -2.09. The van der Waals surface area contributed by atoms with E-state index in [2.05, 4.69) is 16.9 Å². The molecule has 1 saturated carbocycles. The second-order valence-electron chi connectivity index (χ2n) is 17.3. The maximum Gasteiger partial charge on any atom is 0.222 e. The van der Waals surface area contributed by atoms with E-state index in [1.165, 1.54) is 51.0 Å². The number of Topliss-reactive ketones (excluding diaryl/α,β-unsaturated/α-hetero) is 1. The van der Waals surface area contributed by atoms with Crippen LogP contribution in [0.2, 0.25) is 0 Å². The Bertz CT molecular complexity index is 1990. The molecule has 0 radical (unpaired) electrons. The van der Waals surface area contributed by atoms with Gasteiger partial charge in [0.25, 0.3) is 0 Å². The summed E-state index contributed by atoms with van der Waals surface area (Å²) in [7, 11) is 5.26. The molecule has 1 saturated heterocycles. The highest BCUT2D eigenvalue weighted by atomic mass is 16.7. The quantitative estimate of drug-likeness (QED) is 0.0613. The summed E-state index contributed by atoms with van der Waals surface area (Å²) in [6.07, 6.45) is 2.43. The lowest BCUT2D eigenvalue weighted by Crippen LogP contribution is -2.53. The second kappa shape index (κ2) is 19.8. The summed E-state index contributed by atoms with van der Waals surface area (Å²) >= 11 is 0. The van der Waals surface area contributed by atoms with Crippen LogP contribution in [0.3, 0.4) is 0 Å². The molecule has 1 aliphatic heterocycles. The lowest BCUT2D eigenvalue weighted by atomic mass is 9.71. The molecule has 0 bridgehead atoms. The van der Waals surface area contributed by atoms with Gasteiger partial charge < -0.3 is 55.3 Å². The first kappa shape index (κ1) is 46.2. The normalized spacial score (nSPS) is 25.3. The number of carbonyl (C=O) groups excluding carboxylic acids is 4. The van der Waals surface area contributed by atoms with Crippen LogP contribution >= 0.6 is 0 Å². The third kappa shape index (κ3) is 10.0. The fraction of sp³-hybridized carbons (Fsp3) is 0.622. The average molecular weight is 851 g/mol. The largest absolute Gasteiger partial charge is 0.507 e. The van der Waals surface area contributed by atoms with Gasteiger partial charge in [-0.15, -0.1) is 0 Å². The molecule has 6 atom stereocenters. The number of methoxy groups -OCH3 is 1. The van der Waals surface area contributed by atoms with Crippen molar-refractivity contribution < 1.29 is 58.9 Å². The summed E-state index contributed by atoms with van der Waals surface area (Å²) in [5.41, 5.74) is 2.59. The Labute approximate surface area is 356 Å². The first-order chi connectivity index (χ1) is 29.1. The zero-order chi connectivity index (χ0) is 44.2. The number of fused-ring (bicyclic) bond motifs is 3. The third-order valence-corrected chi connectivity index (χ3v) is 12.9. The standard InChI is InChI=1S/C45H62N4O12/c1-25-40(53)30(46)19-35(60-25)61-32-21-45(58,20-29-37(32)44(57)39-38(42(29)55)41(54)28-14-9-15-31(59-4)36(28)43(39)56)33(24-50)47-22-27(51)13-7-8-16-34(52)49(3)18-10-17-48(2)23-26-11-5-6-12-26/h9,14-15,25-26,30,32,35,40,50,53,55,57-58H,5-8,10-13,16-24,46H2,1-4H3. The number of nitrogens with two attached hydrogens (primary N) is 1. The summed E-state index contributed by atoms with van der Waals surface area (Å²) in [6.45, 7) is 3.11. The van der Waals surface area contributed by atoms with Crippen molar-refractivity contribution in [1.29, 1.82) is 0 Å². The SMILES string of the molecule is COc1cccc2c1C(=O)c1c(O)c3c(c(O)c1C2=O)CC(O)(C(CO)=NCC(=O)CCCCC(=O)N(C)CCCN(C)CC1CCCC1)CC3OC1CC(N)C(O)C(C)O1. The van der Waals surface area contributed by atoms with Gasteiger partial charge in [0.15, 0.2) is 17.9 Å². The first-order valence-corrected chi connectivity index (χ1v) is 21.5. The molecule has 4 aliphatic rings. The fourth-order valence-corrected chi connectivity index (χ4v) is 9.43. The highest BCUT2D eigenvalue weighted by Gasteiger charge is 2.49. The number of carbonyl (C=O) groups is 4. The number of ketones is 3. The number of aliphatic imine (C=N–C) groups is 1. The summed E-state index contributed by atoms with van der Waals surface area (Å²) in [5.74, 6) is -2.26. The smallest absolute Gasteiger partial charge is 0.222 e. The number of aliphatic hydroxyl groups excluding tert-OH is 2. The zero-order valence-corrected chi connectivity index (χ0v) is 35.7. The van der Waals surface area contributed by atoms with Gasteiger partial charge in [0.2, 0.25) is 11.7 Å². The molecule has 2 aromatic rings. The molecule has 6 unspecified atom stereocenters. The summed E-state index contributed by atoms with van der Waals surface area (Å²) in [5, 5.41) is 57.0. The van der Waals surface area contributed by atoms with Gasteiger partial charge in [0.05, 0.1) is 61.0 Å². The lowest BCUT2D eigenvalue weighted by molar-refractivity contribution is -0.245. The van der Waals surface area contributed by atoms with E-state index >= 15 is 0 Å². The number of aromatic hydroxyl groups is 2. The van der Waals surface area contributed by atoms with Crippen molar-refractivity contribution in [3.63, 3.8) is 0 Å². The van der Waals surface area contributed by atoms with Crippen LogP contribution in [0, 0.1) is 5.92 Å². The van der Waals surface area contributed by atoms with Crippen LogP contribution in [0.25, 0.3) is 0 Å². The predicted octanol–water partition coefficient (Wildman–Crippen LogP) is 2.97. The van der Waals surface area contributed by atoms with Crippen LogP contribution in [0.4, 0.5) is 0 Å². The van der Waals surface area contributed by atoms with Crippen molar-refractivity contribution in [1.82, 2.24) is 9.80 Å². The maximum atomic E-state index is 14.0. The van der Waals surface area contributed by atoms with Crippen LogP contribution in [-0.4, -0.2) is 148 Å². The van der Waals surface area contributed by atoms with Crippen molar-refractivity contribution in [3.05, 3.63) is 51.6 Å². The molecule has 0 spiro atoms. The monoisotopic (exact) mass is 850 g/mol. The molecular formula is C45H62N4O12. The van der Waals surface area contributed by atoms with Crippen molar-refractivity contribution in [2.24, 2.45) is 16.6 Å². The van der Waals surface area contributed by atoms with Crippen molar-refractivity contribution in [2.45, 2.75) is 120 Å². The number of phenolic OH excluding ortho intramolecular Hbond substituents is 2. The molecule has 7 N–H and O–H groups in total. The molecule has 6 rings (SSSR count). The molecule has 1 heterocycles. The van der Waals surface area contributed by atoms with Crippen LogP contribution in [0.1, 0.15) is 127 Å². The number of nitrogens with zero attached hydrogens (tertiary/aromatic N) is 3. The first-order valence-electron chi connectivity index (χ1n) is 21.5. The molecule has 1 amide bonds. The number of unbranched alkanes of at least 4 members (excludes halogenated alkanes) is 1. The van der Waals surface area contributed by atoms with Gasteiger partial charge in [-0.1, -0.05) is 25.0 Å². The highest BCUT2D eigenvalue weighted by molar-refractivity contribution is 6.31. The van der Waals surface area contributed by atoms with E-state index in [4.69, 9.17) is 19.9 Å². The Hall–Kier alpha value is -4.29. The zero-order valence-electron chi connectivity index (χ0n) is 35.7. The number of aliphatic hydroxyl groups is 3. The Morgan fingerprint density at radius 1 is 1.00 bits per heavy atom. The number of hydrogen-bond donors (Lipinski definition) is 6. The number of hydrogen-bond acceptors (Lipinski definition) is 15. The van der Waals surface area contributed by atoms with Crippen LogP contribution < -0.4 is 10.5 Å². The predicted molar refractivity (Wildman–Crippen MR) is 224 cm³/mol. The molecule has 2 fully saturated rings. The maximum absolute atomic E-state index is 14.0. The molecule has 61 heavy (non-hydrogen) atoms. The van der Waals surface area contributed by atoms with Gasteiger partial charge in [-0.05, 0) is 64.6 Å². The van der Waals surface area contributed by atoms with E-state index in [9.17, 15) is 44.7 Å². The van der Waals surface area contributed by atoms with E-state index in [1.54, 1.807) is 18.9 Å². The van der Waals surface area contributed by atoms with Crippen LogP contribution in [0.5, 0.6) is 17.2 Å². The molecule has 2 aromatic carbocycles. The highest BCUT2D eigenvalue weighted by Crippen LogP contribution is 2.52. The van der Waals surface area contributed by atoms with Crippen LogP contribution in [-0.2, 0) is 25.5 Å². The molecule has 334 valence electrons. The van der Waals surface area contributed by atoms with E-state index < -0.39 is 83.5 Å². The lowest BCUT2D eigenvalue weighted by Gasteiger charge is -2.43. The van der Waals surface area contributed by atoms with Crippen LogP contribution in [0.15, 0.2) is 23.2 Å². The Kier molecular flexibility index (Phi) is 15.0. The number of benzene rings is 2. The summed E-state index contributed by atoms with van der Waals surface area (Å²) in [4.78, 5) is 62.2. The molecule has 0 aromatic heterocycles. The van der Waals surface area contributed by atoms with E-state index in [0.29, 0.717) is 25.8 Å². The Morgan fingerprint density at radius 2 is 1.70 bits per heavy atom. The fourth-order valence-electron chi connectivity index (χ4n) is 9.43. The number of ether oxygens (including phenoxy) is 3. The topological polar surface area (TPSA) is 242 Å². The van der Waals surface area contributed by atoms with Gasteiger partial charge in [-0.25, -0.2) is 0 Å². The average Bonchev–Trinajstić information content (AvgIpc) is 3.74. The van der Waals surface area contributed by atoms with Gasteiger partial charge in [0.1, 0.15) is 22.8 Å². The number of rotatable bonds is 18. The Balaban J connectivity index is 1.15. The van der Waals surface area contributed by atoms with Crippen molar-refractivity contribution in [3.8, 4) is 17.2 Å². The molecule has 16 nitrogen and oxygen atoms in total. The third-order valence-electron chi connectivity index (χ3n) is 12.9. The van der Waals surface area contributed by atoms with E-state index in [0.717, 1.165) is 25.4 Å². The van der Waals surface area contributed by atoms with Gasteiger partial charge in [0, 0.05) is 75.0 Å². The van der Waals surface area contributed by atoms with Gasteiger partial charge in [-0.2, -0.15) is 0 Å². The summed E-state index contributed by atoms with van der Waals surface area (Å²) < 4.78 is 17.6. The van der Waals surface area contributed by atoms with Crippen molar-refractivity contribution in [2.75, 3.05) is 54.0 Å². The van der Waals surface area contributed by atoms with Gasteiger partial charge >= 0.3 is 0 Å². The number of phenols is 2. The Morgan fingerprint density at radius 3 is 2.39 bits per heavy atom. The van der Waals surface area contributed by atoms with Crippen molar-refractivity contribution >= 4 is 29.0 Å². The molecule has 16 heteroatoms. The molecule has 3 aliphatic carbocycles. The minimum absolute atomic E-state index is 0.00468. The van der Waals surface area contributed by atoms with Gasteiger partial charge in [-0.3, -0.25) is 24.2 Å². The second-order valence-corrected chi connectivity index (χ2v) is 17.3. The molecular weight excluding hydrogens is 789 g/mol. The number of amides is 1. The van der Waals surface area contributed by atoms with E-state index in [-0.39, 0.29) is 71.2 Å². The van der Waals surface area contributed by atoms with E-state index in [1.807, 2.05) is 0 Å².